The maximum atomic E-state index is 3.70. The van der Waals surface area contributed by atoms with Crippen LogP contribution in [0.25, 0.3) is 0 Å². The molecule has 0 amide bonds. The molecule has 0 saturated heterocycles. The van der Waals surface area contributed by atoms with Gasteiger partial charge in [0.25, 0.3) is 0 Å². The zero-order valence-corrected chi connectivity index (χ0v) is 10.7. The molecule has 0 atom stereocenters. The van der Waals surface area contributed by atoms with E-state index < -0.39 is 0 Å². The van der Waals surface area contributed by atoms with E-state index in [1.165, 1.54) is 11.3 Å². The molecule has 0 spiro atoms. The van der Waals surface area contributed by atoms with Gasteiger partial charge in [0.05, 0.1) is 0 Å². The normalized spacial score (nSPS) is 12.4. The van der Waals surface area contributed by atoms with E-state index >= 15 is 0 Å². The Kier molecular flexibility index (Phi) is 3.94. The minimum atomic E-state index is 0.151. The topological polar surface area (TPSA) is 12.0 Å². The monoisotopic (exact) mass is 215 g/mol. The molecule has 1 heteroatoms. The van der Waals surface area contributed by atoms with E-state index in [9.17, 15) is 0 Å². The predicted octanol–water partition coefficient (Wildman–Crippen LogP) is 4.49. The van der Waals surface area contributed by atoms with Crippen molar-refractivity contribution in [3.63, 3.8) is 0 Å². The van der Waals surface area contributed by atoms with Crippen molar-refractivity contribution < 1.29 is 0 Å². The van der Waals surface area contributed by atoms with Gasteiger partial charge in [-0.3, -0.25) is 0 Å². The van der Waals surface area contributed by atoms with Crippen molar-refractivity contribution in [1.29, 1.82) is 0 Å². The molecule has 16 heavy (non-hydrogen) atoms. The summed E-state index contributed by atoms with van der Waals surface area (Å²) >= 11 is 0. The van der Waals surface area contributed by atoms with Gasteiger partial charge in [0, 0.05) is 11.4 Å². The van der Waals surface area contributed by atoms with E-state index in [1.54, 1.807) is 6.08 Å². The molecule has 86 valence electrons. The molecule has 0 unspecified atom stereocenters. The molecule has 0 radical (unpaired) electrons. The molecule has 1 aromatic carbocycles. The molecule has 1 rings (SSSR count). The minimum absolute atomic E-state index is 0.151. The third-order valence-corrected chi connectivity index (χ3v) is 2.43. The maximum Gasteiger partial charge on any atom is 0.0419 e. The fourth-order valence-corrected chi connectivity index (χ4v) is 1.68. The Hall–Kier alpha value is -1.50. The SMILES string of the molecule is C=C/C=C(\C)Nc1ccccc1C(C)(C)C. The van der Waals surface area contributed by atoms with E-state index in [0.29, 0.717) is 0 Å². The quantitative estimate of drug-likeness (QED) is 0.733. The molecule has 1 nitrogen and oxygen atoms in total. The molecule has 0 aliphatic heterocycles. The van der Waals surface area contributed by atoms with Crippen LogP contribution in [0.1, 0.15) is 33.3 Å². The van der Waals surface area contributed by atoms with Gasteiger partial charge in [-0.25, -0.2) is 0 Å². The number of rotatable bonds is 3. The summed E-state index contributed by atoms with van der Waals surface area (Å²) in [6, 6.07) is 8.42. The van der Waals surface area contributed by atoms with Crippen LogP contribution in [0.5, 0.6) is 0 Å². The van der Waals surface area contributed by atoms with Gasteiger partial charge in [0.15, 0.2) is 0 Å². The summed E-state index contributed by atoms with van der Waals surface area (Å²) in [4.78, 5) is 0. The van der Waals surface area contributed by atoms with Crippen LogP contribution < -0.4 is 5.32 Å². The lowest BCUT2D eigenvalue weighted by Gasteiger charge is -2.23. The first-order valence-electron chi connectivity index (χ1n) is 5.61. The first kappa shape index (κ1) is 12.6. The van der Waals surface area contributed by atoms with Crippen LogP contribution in [-0.2, 0) is 5.41 Å². The van der Waals surface area contributed by atoms with Gasteiger partial charge >= 0.3 is 0 Å². The highest BCUT2D eigenvalue weighted by Gasteiger charge is 2.17. The Labute approximate surface area is 98.9 Å². The summed E-state index contributed by atoms with van der Waals surface area (Å²) in [5.41, 5.74) is 3.75. The van der Waals surface area contributed by atoms with Crippen LogP contribution in [0.2, 0.25) is 0 Å². The number of anilines is 1. The van der Waals surface area contributed by atoms with Crippen LogP contribution in [0.3, 0.4) is 0 Å². The Bertz CT molecular complexity index is 394. The summed E-state index contributed by atoms with van der Waals surface area (Å²) in [7, 11) is 0. The summed E-state index contributed by atoms with van der Waals surface area (Å²) < 4.78 is 0. The number of allylic oxidation sites excluding steroid dienone is 3. The second-order valence-corrected chi connectivity index (χ2v) is 5.01. The lowest BCUT2D eigenvalue weighted by molar-refractivity contribution is 0.592. The van der Waals surface area contributed by atoms with Gasteiger partial charge in [0.1, 0.15) is 0 Å². The fraction of sp³-hybridized carbons (Fsp3) is 0.333. The van der Waals surface area contributed by atoms with Gasteiger partial charge in [-0.2, -0.15) is 0 Å². The molecular weight excluding hydrogens is 194 g/mol. The number of benzene rings is 1. The second kappa shape index (κ2) is 5.02. The average molecular weight is 215 g/mol. The highest BCUT2D eigenvalue weighted by Crippen LogP contribution is 2.29. The summed E-state index contributed by atoms with van der Waals surface area (Å²) in [5.74, 6) is 0. The van der Waals surface area contributed by atoms with Crippen molar-refractivity contribution in [1.82, 2.24) is 0 Å². The van der Waals surface area contributed by atoms with Gasteiger partial charge in [-0.05, 0) is 30.0 Å². The van der Waals surface area contributed by atoms with Crippen molar-refractivity contribution >= 4 is 5.69 Å². The fourth-order valence-electron chi connectivity index (χ4n) is 1.68. The minimum Gasteiger partial charge on any atom is -0.359 e. The average Bonchev–Trinajstić information content (AvgIpc) is 2.17. The zero-order chi connectivity index (χ0) is 12.2. The number of nitrogens with one attached hydrogen (secondary N) is 1. The molecule has 0 saturated carbocycles. The van der Waals surface area contributed by atoms with Crippen LogP contribution in [-0.4, -0.2) is 0 Å². The number of para-hydroxylation sites is 1. The highest BCUT2D eigenvalue weighted by atomic mass is 14.9. The van der Waals surface area contributed by atoms with Gasteiger partial charge in [0.2, 0.25) is 0 Å². The standard InChI is InChI=1S/C15H21N/c1-6-9-12(2)16-14-11-8-7-10-13(14)15(3,4)5/h6-11,16H,1H2,2-5H3/b12-9+. The van der Waals surface area contributed by atoms with Crippen molar-refractivity contribution in [2.45, 2.75) is 33.1 Å². The van der Waals surface area contributed by atoms with E-state index in [0.717, 1.165) is 5.70 Å². The molecule has 0 aromatic heterocycles. The predicted molar refractivity (Wildman–Crippen MR) is 72.7 cm³/mol. The van der Waals surface area contributed by atoms with Crippen LogP contribution in [0, 0.1) is 0 Å². The third kappa shape index (κ3) is 3.27. The molecular formula is C15H21N. The molecule has 0 bridgehead atoms. The Morgan fingerprint density at radius 2 is 1.88 bits per heavy atom. The lowest BCUT2D eigenvalue weighted by Crippen LogP contribution is -2.14. The number of hydrogen-bond donors (Lipinski definition) is 1. The summed E-state index contributed by atoms with van der Waals surface area (Å²) in [6.45, 7) is 12.4. The van der Waals surface area contributed by atoms with E-state index in [2.05, 4.69) is 56.9 Å². The first-order chi connectivity index (χ1) is 7.45. The highest BCUT2D eigenvalue weighted by molar-refractivity contribution is 5.57. The van der Waals surface area contributed by atoms with Crippen molar-refractivity contribution in [3.05, 3.63) is 54.3 Å². The van der Waals surface area contributed by atoms with Gasteiger partial charge in [-0.1, -0.05) is 51.6 Å². The second-order valence-electron chi connectivity index (χ2n) is 5.01. The Morgan fingerprint density at radius 1 is 1.25 bits per heavy atom. The molecule has 0 aliphatic carbocycles. The first-order valence-corrected chi connectivity index (χ1v) is 5.61. The van der Waals surface area contributed by atoms with Crippen molar-refractivity contribution in [3.8, 4) is 0 Å². The van der Waals surface area contributed by atoms with Gasteiger partial charge in [-0.15, -0.1) is 0 Å². The van der Waals surface area contributed by atoms with Crippen LogP contribution in [0.4, 0.5) is 5.69 Å². The van der Waals surface area contributed by atoms with Gasteiger partial charge < -0.3 is 5.32 Å². The van der Waals surface area contributed by atoms with Crippen LogP contribution in [0.15, 0.2) is 48.7 Å². The van der Waals surface area contributed by atoms with E-state index in [-0.39, 0.29) is 5.41 Å². The Balaban J connectivity index is 3.05. The Morgan fingerprint density at radius 3 is 2.44 bits per heavy atom. The maximum absolute atomic E-state index is 3.70. The molecule has 0 fully saturated rings. The van der Waals surface area contributed by atoms with Crippen LogP contribution >= 0.6 is 0 Å². The summed E-state index contributed by atoms with van der Waals surface area (Å²) in [6.07, 6.45) is 3.77. The molecule has 0 heterocycles. The molecule has 1 aromatic rings. The summed E-state index contributed by atoms with van der Waals surface area (Å²) in [5, 5.41) is 3.41. The van der Waals surface area contributed by atoms with E-state index in [1.807, 2.05) is 13.0 Å². The zero-order valence-electron chi connectivity index (χ0n) is 10.7. The number of hydrogen-bond acceptors (Lipinski definition) is 1. The smallest absolute Gasteiger partial charge is 0.0419 e. The van der Waals surface area contributed by atoms with E-state index in [4.69, 9.17) is 0 Å². The van der Waals surface area contributed by atoms with Crippen molar-refractivity contribution in [2.75, 3.05) is 5.32 Å². The third-order valence-electron chi connectivity index (χ3n) is 2.43. The largest absolute Gasteiger partial charge is 0.359 e. The lowest BCUT2D eigenvalue weighted by atomic mass is 9.86. The molecule has 1 N–H and O–H groups in total. The molecule has 0 aliphatic rings. The van der Waals surface area contributed by atoms with Crippen molar-refractivity contribution in [2.24, 2.45) is 0 Å².